The number of hydrogen-bond donors (Lipinski definition) is 2. The maximum absolute atomic E-state index is 11.9. The van der Waals surface area contributed by atoms with E-state index in [4.69, 9.17) is 0 Å². The molecule has 0 unspecified atom stereocenters. The van der Waals surface area contributed by atoms with Gasteiger partial charge in [0.05, 0.1) is 0 Å². The molecule has 4 heteroatoms. The van der Waals surface area contributed by atoms with Crippen LogP contribution in [0.1, 0.15) is 23.1 Å². The van der Waals surface area contributed by atoms with Gasteiger partial charge in [0.1, 0.15) is 0 Å². The van der Waals surface area contributed by atoms with Gasteiger partial charge in [-0.05, 0) is 43.2 Å². The largest absolute Gasteiger partial charge is 0.326 e. The van der Waals surface area contributed by atoms with E-state index in [2.05, 4.69) is 57.8 Å². The lowest BCUT2D eigenvalue weighted by Gasteiger charge is -2.09. The van der Waals surface area contributed by atoms with E-state index < -0.39 is 0 Å². The molecular weight excluding hydrogens is 340 g/mol. The Morgan fingerprint density at radius 1 is 1.09 bits per heavy atom. The Hall–Kier alpha value is -1.65. The molecule has 0 atom stereocenters. The van der Waals surface area contributed by atoms with Crippen LogP contribution in [0.3, 0.4) is 0 Å². The molecule has 0 saturated carbocycles. The zero-order chi connectivity index (χ0) is 15.9. The molecule has 2 aromatic carbocycles. The monoisotopic (exact) mass is 360 g/mol. The number of rotatable bonds is 6. The van der Waals surface area contributed by atoms with Crippen molar-refractivity contribution in [3.63, 3.8) is 0 Å². The normalized spacial score (nSPS) is 10.5. The summed E-state index contributed by atoms with van der Waals surface area (Å²) in [5, 5.41) is 6.24. The third-order valence-electron chi connectivity index (χ3n) is 3.44. The minimum atomic E-state index is 0.0295. The predicted octanol–water partition coefficient (Wildman–Crippen LogP) is 4.18. The molecule has 2 N–H and O–H groups in total. The van der Waals surface area contributed by atoms with Crippen molar-refractivity contribution in [2.75, 3.05) is 11.9 Å². The molecule has 2 aromatic rings. The zero-order valence-electron chi connectivity index (χ0n) is 12.9. The number of benzene rings is 2. The first-order valence-corrected chi connectivity index (χ1v) is 8.16. The van der Waals surface area contributed by atoms with E-state index >= 15 is 0 Å². The molecule has 0 heterocycles. The smallest absolute Gasteiger partial charge is 0.225 e. The summed E-state index contributed by atoms with van der Waals surface area (Å²) < 4.78 is 1.02. The summed E-state index contributed by atoms with van der Waals surface area (Å²) >= 11 is 3.42. The van der Waals surface area contributed by atoms with Gasteiger partial charge in [0.25, 0.3) is 0 Å². The number of carbonyl (C=O) groups is 1. The molecule has 0 aromatic heterocycles. The van der Waals surface area contributed by atoms with Crippen molar-refractivity contribution in [2.45, 2.75) is 26.8 Å². The Balaban J connectivity index is 1.72. The summed E-state index contributed by atoms with van der Waals surface area (Å²) in [5.74, 6) is 0.0295. The van der Waals surface area contributed by atoms with Crippen molar-refractivity contribution >= 4 is 27.5 Å². The summed E-state index contributed by atoms with van der Waals surface area (Å²) in [6, 6.07) is 14.2. The minimum absolute atomic E-state index is 0.0295. The van der Waals surface area contributed by atoms with Crippen molar-refractivity contribution in [3.05, 3.63) is 63.6 Å². The standard InChI is InChI=1S/C18H21BrN2O/c1-13-3-5-15(6-4-13)12-20-10-9-18(22)21-17-8-7-16(19)11-14(17)2/h3-8,11,20H,9-10,12H2,1-2H3,(H,21,22). The molecule has 22 heavy (non-hydrogen) atoms. The van der Waals surface area contributed by atoms with Crippen LogP contribution in [0.25, 0.3) is 0 Å². The van der Waals surface area contributed by atoms with Gasteiger partial charge in [-0.2, -0.15) is 0 Å². The molecule has 116 valence electrons. The van der Waals surface area contributed by atoms with Gasteiger partial charge < -0.3 is 10.6 Å². The first-order chi connectivity index (χ1) is 10.5. The van der Waals surface area contributed by atoms with Gasteiger partial charge in [0.15, 0.2) is 0 Å². The van der Waals surface area contributed by atoms with E-state index in [0.29, 0.717) is 13.0 Å². The Labute approximate surface area is 140 Å². The van der Waals surface area contributed by atoms with Crippen LogP contribution in [-0.4, -0.2) is 12.5 Å². The van der Waals surface area contributed by atoms with Gasteiger partial charge in [-0.15, -0.1) is 0 Å². The number of aryl methyl sites for hydroxylation is 2. The highest BCUT2D eigenvalue weighted by molar-refractivity contribution is 9.10. The summed E-state index contributed by atoms with van der Waals surface area (Å²) in [6.07, 6.45) is 0.460. The highest BCUT2D eigenvalue weighted by atomic mass is 79.9. The molecule has 1 amide bonds. The number of hydrogen-bond acceptors (Lipinski definition) is 2. The molecule has 0 aliphatic carbocycles. The van der Waals surface area contributed by atoms with E-state index in [9.17, 15) is 4.79 Å². The molecule has 0 aliphatic rings. The maximum Gasteiger partial charge on any atom is 0.225 e. The van der Waals surface area contributed by atoms with Crippen molar-refractivity contribution in [1.82, 2.24) is 5.32 Å². The van der Waals surface area contributed by atoms with Crippen LogP contribution in [0, 0.1) is 13.8 Å². The van der Waals surface area contributed by atoms with E-state index in [-0.39, 0.29) is 5.91 Å². The second-order valence-corrected chi connectivity index (χ2v) is 6.34. The van der Waals surface area contributed by atoms with Gasteiger partial charge >= 0.3 is 0 Å². The predicted molar refractivity (Wildman–Crippen MR) is 95.0 cm³/mol. The lowest BCUT2D eigenvalue weighted by molar-refractivity contribution is -0.116. The lowest BCUT2D eigenvalue weighted by atomic mass is 10.1. The van der Waals surface area contributed by atoms with Crippen LogP contribution < -0.4 is 10.6 Å². The molecule has 0 spiro atoms. The third-order valence-corrected chi connectivity index (χ3v) is 3.93. The quantitative estimate of drug-likeness (QED) is 0.758. The molecule has 0 radical (unpaired) electrons. The molecule has 0 bridgehead atoms. The van der Waals surface area contributed by atoms with Gasteiger partial charge in [0, 0.05) is 29.7 Å². The minimum Gasteiger partial charge on any atom is -0.326 e. The van der Waals surface area contributed by atoms with Gasteiger partial charge in [0.2, 0.25) is 5.91 Å². The van der Waals surface area contributed by atoms with Crippen molar-refractivity contribution in [2.24, 2.45) is 0 Å². The van der Waals surface area contributed by atoms with Crippen molar-refractivity contribution < 1.29 is 4.79 Å². The third kappa shape index (κ3) is 5.28. The first kappa shape index (κ1) is 16.7. The molecule has 0 saturated heterocycles. The Bertz CT molecular complexity index is 638. The highest BCUT2D eigenvalue weighted by Crippen LogP contribution is 2.20. The second kappa shape index (κ2) is 8.11. The second-order valence-electron chi connectivity index (χ2n) is 5.42. The fourth-order valence-electron chi connectivity index (χ4n) is 2.12. The molecule has 0 aliphatic heterocycles. The lowest BCUT2D eigenvalue weighted by Crippen LogP contribution is -2.21. The van der Waals surface area contributed by atoms with Crippen LogP contribution in [0.15, 0.2) is 46.9 Å². The Kier molecular flexibility index (Phi) is 6.16. The van der Waals surface area contributed by atoms with Gasteiger partial charge in [-0.3, -0.25) is 4.79 Å². The van der Waals surface area contributed by atoms with Crippen molar-refractivity contribution in [1.29, 1.82) is 0 Å². The number of halogens is 1. The van der Waals surface area contributed by atoms with Gasteiger partial charge in [-0.25, -0.2) is 0 Å². The first-order valence-electron chi connectivity index (χ1n) is 7.37. The molecular formula is C18H21BrN2O. The Morgan fingerprint density at radius 3 is 2.50 bits per heavy atom. The number of anilines is 1. The van der Waals surface area contributed by atoms with E-state index in [1.54, 1.807) is 0 Å². The van der Waals surface area contributed by atoms with Crippen LogP contribution in [0.4, 0.5) is 5.69 Å². The fourth-order valence-corrected chi connectivity index (χ4v) is 2.60. The Morgan fingerprint density at radius 2 is 1.82 bits per heavy atom. The summed E-state index contributed by atoms with van der Waals surface area (Å²) in [6.45, 7) is 5.50. The van der Waals surface area contributed by atoms with Crippen LogP contribution in [-0.2, 0) is 11.3 Å². The van der Waals surface area contributed by atoms with E-state index in [0.717, 1.165) is 22.3 Å². The van der Waals surface area contributed by atoms with Crippen LogP contribution in [0.2, 0.25) is 0 Å². The average Bonchev–Trinajstić information content (AvgIpc) is 2.48. The highest BCUT2D eigenvalue weighted by Gasteiger charge is 2.04. The van der Waals surface area contributed by atoms with E-state index in [1.807, 2.05) is 25.1 Å². The average molecular weight is 361 g/mol. The summed E-state index contributed by atoms with van der Waals surface area (Å²) in [4.78, 5) is 11.9. The van der Waals surface area contributed by atoms with Crippen LogP contribution in [0.5, 0.6) is 0 Å². The van der Waals surface area contributed by atoms with Crippen molar-refractivity contribution in [3.8, 4) is 0 Å². The van der Waals surface area contributed by atoms with Crippen LogP contribution >= 0.6 is 15.9 Å². The summed E-state index contributed by atoms with van der Waals surface area (Å²) in [7, 11) is 0. The van der Waals surface area contributed by atoms with Gasteiger partial charge in [-0.1, -0.05) is 45.8 Å². The maximum atomic E-state index is 11.9. The zero-order valence-corrected chi connectivity index (χ0v) is 14.5. The number of amides is 1. The molecule has 2 rings (SSSR count). The molecule has 3 nitrogen and oxygen atoms in total. The van der Waals surface area contributed by atoms with E-state index in [1.165, 1.54) is 11.1 Å². The summed E-state index contributed by atoms with van der Waals surface area (Å²) in [5.41, 5.74) is 4.41. The SMILES string of the molecule is Cc1ccc(CNCCC(=O)Nc2ccc(Br)cc2C)cc1. The molecule has 0 fully saturated rings. The number of carbonyl (C=O) groups excluding carboxylic acids is 1. The topological polar surface area (TPSA) is 41.1 Å². The fraction of sp³-hybridized carbons (Fsp3) is 0.278. The number of nitrogens with one attached hydrogen (secondary N) is 2.